The van der Waals surface area contributed by atoms with Crippen molar-refractivity contribution < 1.29 is 4.79 Å². The monoisotopic (exact) mass is 370 g/mol. The van der Waals surface area contributed by atoms with Crippen molar-refractivity contribution in [2.75, 3.05) is 6.54 Å². The average molecular weight is 370 g/mol. The number of aryl methyl sites for hydroxylation is 1. The lowest BCUT2D eigenvalue weighted by Crippen LogP contribution is -2.32. The predicted octanol–water partition coefficient (Wildman–Crippen LogP) is 1.21. The van der Waals surface area contributed by atoms with Gasteiger partial charge in [0, 0.05) is 37.3 Å². The molecule has 0 fully saturated rings. The van der Waals surface area contributed by atoms with Crippen LogP contribution in [-0.2, 0) is 17.8 Å². The zero-order chi connectivity index (χ0) is 17.8. The smallest absolute Gasteiger partial charge is 0.230 e. The molecule has 1 atom stereocenters. The molecule has 0 radical (unpaired) electrons. The van der Waals surface area contributed by atoms with Gasteiger partial charge in [0.1, 0.15) is 10.7 Å². The highest BCUT2D eigenvalue weighted by Crippen LogP contribution is 2.24. The number of hydrogen-bond donors (Lipinski definition) is 1. The normalized spacial score (nSPS) is 16.7. The zero-order valence-corrected chi connectivity index (χ0v) is 14.9. The standard InChI is InChI=1S/C16H18N8OS/c25-15(12-3-1-2-8-24-14(12)21-22-23-24)19-5-4-11-10-26-16(20-11)13-9-17-6-7-18-13/h6-7,9-10,12H,1-5,8H2,(H,19,25). The number of tetrazole rings is 1. The molecule has 0 saturated carbocycles. The van der Waals surface area contributed by atoms with Crippen LogP contribution in [0.3, 0.4) is 0 Å². The number of carbonyl (C=O) groups is 1. The van der Waals surface area contributed by atoms with E-state index in [2.05, 4.69) is 35.8 Å². The number of carbonyl (C=O) groups excluding carboxylic acids is 1. The lowest BCUT2D eigenvalue weighted by Gasteiger charge is -2.12. The SMILES string of the molecule is O=C(NCCc1csc(-c2cnccn2)n1)C1CCCCn2nnnc21. The third-order valence-electron chi connectivity index (χ3n) is 4.31. The molecule has 134 valence electrons. The van der Waals surface area contributed by atoms with Gasteiger partial charge in [0.15, 0.2) is 5.82 Å². The Hall–Kier alpha value is -2.75. The summed E-state index contributed by atoms with van der Waals surface area (Å²) in [7, 11) is 0. The van der Waals surface area contributed by atoms with Gasteiger partial charge in [-0.1, -0.05) is 6.42 Å². The number of thiazole rings is 1. The Balaban J connectivity index is 1.34. The van der Waals surface area contributed by atoms with Crippen LogP contribution in [-0.4, -0.2) is 47.6 Å². The highest BCUT2D eigenvalue weighted by Gasteiger charge is 2.28. The topological polar surface area (TPSA) is 111 Å². The van der Waals surface area contributed by atoms with Gasteiger partial charge in [-0.15, -0.1) is 16.4 Å². The third-order valence-corrected chi connectivity index (χ3v) is 5.23. The Bertz CT molecular complexity index is 877. The van der Waals surface area contributed by atoms with Crippen molar-refractivity contribution in [1.29, 1.82) is 0 Å². The van der Waals surface area contributed by atoms with Gasteiger partial charge in [-0.05, 0) is 23.3 Å². The highest BCUT2D eigenvalue weighted by molar-refractivity contribution is 7.13. The first-order chi connectivity index (χ1) is 12.8. The maximum Gasteiger partial charge on any atom is 0.230 e. The molecule has 3 aromatic rings. The number of rotatable bonds is 5. The van der Waals surface area contributed by atoms with E-state index in [9.17, 15) is 4.79 Å². The second kappa shape index (κ2) is 7.65. The molecule has 1 N–H and O–H groups in total. The first-order valence-corrected chi connectivity index (χ1v) is 9.44. The molecule has 1 aliphatic rings. The Labute approximate surface area is 153 Å². The van der Waals surface area contributed by atoms with E-state index in [1.54, 1.807) is 23.3 Å². The molecular weight excluding hydrogens is 352 g/mol. The number of amides is 1. The van der Waals surface area contributed by atoms with E-state index in [-0.39, 0.29) is 11.8 Å². The maximum atomic E-state index is 12.6. The lowest BCUT2D eigenvalue weighted by molar-refractivity contribution is -0.122. The van der Waals surface area contributed by atoms with Crippen molar-refractivity contribution in [3.8, 4) is 10.7 Å². The molecule has 4 heterocycles. The third kappa shape index (κ3) is 3.59. The summed E-state index contributed by atoms with van der Waals surface area (Å²) in [5, 5.41) is 17.5. The molecule has 9 nitrogen and oxygen atoms in total. The van der Waals surface area contributed by atoms with E-state index in [1.807, 2.05) is 5.38 Å². The van der Waals surface area contributed by atoms with Crippen LogP contribution in [0.4, 0.5) is 0 Å². The van der Waals surface area contributed by atoms with E-state index >= 15 is 0 Å². The van der Waals surface area contributed by atoms with Gasteiger partial charge < -0.3 is 5.32 Å². The number of aromatic nitrogens is 7. The van der Waals surface area contributed by atoms with Gasteiger partial charge in [-0.25, -0.2) is 9.67 Å². The average Bonchev–Trinajstić information content (AvgIpc) is 3.28. The number of fused-ring (bicyclic) bond motifs is 1. The van der Waals surface area contributed by atoms with Crippen LogP contribution >= 0.6 is 11.3 Å². The van der Waals surface area contributed by atoms with Crippen molar-refractivity contribution in [3.63, 3.8) is 0 Å². The first kappa shape index (κ1) is 16.7. The van der Waals surface area contributed by atoms with Crippen molar-refractivity contribution in [2.45, 2.75) is 38.1 Å². The summed E-state index contributed by atoms with van der Waals surface area (Å²) in [5.74, 6) is 0.365. The fraction of sp³-hybridized carbons (Fsp3) is 0.438. The summed E-state index contributed by atoms with van der Waals surface area (Å²) in [5.41, 5.74) is 1.69. The summed E-state index contributed by atoms with van der Waals surface area (Å²) in [6.45, 7) is 1.30. The fourth-order valence-corrected chi connectivity index (χ4v) is 3.81. The van der Waals surface area contributed by atoms with Gasteiger partial charge in [-0.3, -0.25) is 14.8 Å². The largest absolute Gasteiger partial charge is 0.355 e. The van der Waals surface area contributed by atoms with Crippen molar-refractivity contribution in [1.82, 2.24) is 40.5 Å². The number of nitrogens with one attached hydrogen (secondary N) is 1. The van der Waals surface area contributed by atoms with Crippen molar-refractivity contribution in [2.24, 2.45) is 0 Å². The second-order valence-corrected chi connectivity index (χ2v) is 6.94. The van der Waals surface area contributed by atoms with Crippen LogP contribution in [0.2, 0.25) is 0 Å². The van der Waals surface area contributed by atoms with Crippen LogP contribution in [0.15, 0.2) is 24.0 Å². The molecular formula is C16H18N8OS. The molecule has 0 saturated heterocycles. The molecule has 0 aromatic carbocycles. The molecule has 4 rings (SSSR count). The first-order valence-electron chi connectivity index (χ1n) is 8.56. The Kier molecular flexibility index (Phi) is 4.91. The van der Waals surface area contributed by atoms with E-state index in [0.29, 0.717) is 18.8 Å². The van der Waals surface area contributed by atoms with Crippen molar-refractivity contribution in [3.05, 3.63) is 35.5 Å². The van der Waals surface area contributed by atoms with Gasteiger partial charge in [0.25, 0.3) is 0 Å². The summed E-state index contributed by atoms with van der Waals surface area (Å²) >= 11 is 1.53. The second-order valence-electron chi connectivity index (χ2n) is 6.08. The maximum absolute atomic E-state index is 12.6. The minimum atomic E-state index is -0.280. The summed E-state index contributed by atoms with van der Waals surface area (Å²) < 4.78 is 1.74. The van der Waals surface area contributed by atoms with Gasteiger partial charge in [-0.2, -0.15) is 0 Å². The molecule has 0 spiro atoms. The van der Waals surface area contributed by atoms with Crippen LogP contribution in [0, 0.1) is 0 Å². The molecule has 1 unspecified atom stereocenters. The van der Waals surface area contributed by atoms with Gasteiger partial charge >= 0.3 is 0 Å². The summed E-state index contributed by atoms with van der Waals surface area (Å²) in [6, 6.07) is 0. The fourth-order valence-electron chi connectivity index (χ4n) is 2.99. The van der Waals surface area contributed by atoms with E-state index in [0.717, 1.165) is 42.2 Å². The minimum absolute atomic E-state index is 0.0210. The van der Waals surface area contributed by atoms with E-state index in [4.69, 9.17) is 0 Å². The summed E-state index contributed by atoms with van der Waals surface area (Å²) in [6.07, 6.45) is 8.40. The Morgan fingerprint density at radius 3 is 3.19 bits per heavy atom. The van der Waals surface area contributed by atoms with Crippen LogP contribution in [0.1, 0.15) is 36.7 Å². The van der Waals surface area contributed by atoms with E-state index < -0.39 is 0 Å². The Morgan fingerprint density at radius 2 is 2.31 bits per heavy atom. The Morgan fingerprint density at radius 1 is 1.35 bits per heavy atom. The molecule has 26 heavy (non-hydrogen) atoms. The highest BCUT2D eigenvalue weighted by atomic mass is 32.1. The summed E-state index contributed by atoms with van der Waals surface area (Å²) in [4.78, 5) is 25.4. The van der Waals surface area contributed by atoms with Crippen LogP contribution < -0.4 is 5.32 Å². The quantitative estimate of drug-likeness (QED) is 0.718. The molecule has 1 amide bonds. The lowest BCUT2D eigenvalue weighted by atomic mass is 10.0. The van der Waals surface area contributed by atoms with Crippen molar-refractivity contribution >= 4 is 17.2 Å². The number of nitrogens with zero attached hydrogens (tertiary/aromatic N) is 7. The molecule has 0 aliphatic carbocycles. The van der Waals surface area contributed by atoms with Crippen LogP contribution in [0.25, 0.3) is 10.7 Å². The van der Waals surface area contributed by atoms with E-state index in [1.165, 1.54) is 11.3 Å². The molecule has 10 heteroatoms. The zero-order valence-electron chi connectivity index (χ0n) is 14.1. The minimum Gasteiger partial charge on any atom is -0.355 e. The number of hydrogen-bond acceptors (Lipinski definition) is 8. The molecule has 3 aromatic heterocycles. The predicted molar refractivity (Wildman–Crippen MR) is 94.3 cm³/mol. The van der Waals surface area contributed by atoms with Crippen LogP contribution in [0.5, 0.6) is 0 Å². The molecule has 0 bridgehead atoms. The molecule has 1 aliphatic heterocycles. The van der Waals surface area contributed by atoms with Gasteiger partial charge in [0.2, 0.25) is 5.91 Å². The van der Waals surface area contributed by atoms with Gasteiger partial charge in [0.05, 0.1) is 17.8 Å².